The summed E-state index contributed by atoms with van der Waals surface area (Å²) >= 11 is 0. The highest BCUT2D eigenvalue weighted by atomic mass is 16.6. The Morgan fingerprint density at radius 2 is 2.25 bits per heavy atom. The van der Waals surface area contributed by atoms with Crippen LogP contribution >= 0.6 is 0 Å². The molecule has 1 rings (SSSR count). The van der Waals surface area contributed by atoms with Crippen LogP contribution in [0.4, 0.5) is 0 Å². The van der Waals surface area contributed by atoms with Crippen molar-refractivity contribution in [2.45, 2.75) is 6.92 Å². The van der Waals surface area contributed by atoms with Gasteiger partial charge in [0.2, 0.25) is 0 Å². The molecule has 1 heterocycles. The lowest BCUT2D eigenvalue weighted by atomic mass is 10.5. The van der Waals surface area contributed by atoms with E-state index in [2.05, 4.69) is 14.9 Å². The van der Waals surface area contributed by atoms with Crippen molar-refractivity contribution in [3.63, 3.8) is 0 Å². The van der Waals surface area contributed by atoms with Crippen LogP contribution < -0.4 is 4.74 Å². The van der Waals surface area contributed by atoms with Gasteiger partial charge >= 0.3 is 0 Å². The van der Waals surface area contributed by atoms with E-state index in [1.54, 1.807) is 6.92 Å². The molecular weight excluding hydrogens is 108 g/mol. The Morgan fingerprint density at radius 1 is 1.50 bits per heavy atom. The minimum absolute atomic E-state index is 0.449. The first-order valence-corrected chi connectivity index (χ1v) is 2.17. The highest BCUT2D eigenvalue weighted by Gasteiger charge is 2.00. The highest BCUT2D eigenvalue weighted by molar-refractivity contribution is 5.10. The number of nitrogens with zero attached hydrogens (tertiary/aromatic N) is 2. The molecule has 1 aromatic rings. The second-order valence-corrected chi connectivity index (χ2v) is 1.36. The fourth-order valence-electron chi connectivity index (χ4n) is 0.409. The molecule has 0 spiro atoms. The topological polar surface area (TPSA) is 48.2 Å². The number of aryl methyl sites for hydroxylation is 1. The van der Waals surface area contributed by atoms with Crippen LogP contribution in [0.1, 0.15) is 5.69 Å². The van der Waals surface area contributed by atoms with E-state index in [9.17, 15) is 0 Å². The van der Waals surface area contributed by atoms with E-state index in [-0.39, 0.29) is 0 Å². The van der Waals surface area contributed by atoms with Crippen molar-refractivity contribution in [3.05, 3.63) is 5.69 Å². The minimum atomic E-state index is 0.449. The van der Waals surface area contributed by atoms with Crippen LogP contribution in [0.5, 0.6) is 5.88 Å². The van der Waals surface area contributed by atoms with E-state index in [0.29, 0.717) is 11.6 Å². The van der Waals surface area contributed by atoms with Gasteiger partial charge in [0.25, 0.3) is 5.88 Å². The number of methoxy groups -OCH3 is 1. The molecule has 0 N–H and O–H groups in total. The lowest BCUT2D eigenvalue weighted by Crippen LogP contribution is -1.83. The average molecular weight is 114 g/mol. The Labute approximate surface area is 46.4 Å². The van der Waals surface area contributed by atoms with Crippen molar-refractivity contribution in [1.82, 2.24) is 10.3 Å². The van der Waals surface area contributed by atoms with Crippen LogP contribution in [0.15, 0.2) is 4.63 Å². The fraction of sp³-hybridized carbons (Fsp3) is 0.500. The molecule has 44 valence electrons. The van der Waals surface area contributed by atoms with Crippen molar-refractivity contribution in [2.75, 3.05) is 7.11 Å². The van der Waals surface area contributed by atoms with E-state index >= 15 is 0 Å². The molecular formula is C4H6N2O2. The summed E-state index contributed by atoms with van der Waals surface area (Å²) in [5.74, 6) is 0.449. The molecule has 4 nitrogen and oxygen atoms in total. The number of aromatic nitrogens is 2. The van der Waals surface area contributed by atoms with Crippen LogP contribution in [0.25, 0.3) is 0 Å². The van der Waals surface area contributed by atoms with Gasteiger partial charge in [0, 0.05) is 0 Å². The van der Waals surface area contributed by atoms with Crippen LogP contribution in [-0.4, -0.2) is 17.4 Å². The molecule has 1 aromatic heterocycles. The maximum Gasteiger partial charge on any atom is 0.278 e. The zero-order valence-electron chi connectivity index (χ0n) is 4.71. The third kappa shape index (κ3) is 0.641. The quantitative estimate of drug-likeness (QED) is 0.529. The van der Waals surface area contributed by atoms with Crippen LogP contribution in [0.3, 0.4) is 0 Å². The van der Waals surface area contributed by atoms with E-state index in [4.69, 9.17) is 4.74 Å². The van der Waals surface area contributed by atoms with Crippen molar-refractivity contribution in [3.8, 4) is 5.88 Å². The minimum Gasteiger partial charge on any atom is -0.477 e. The van der Waals surface area contributed by atoms with Gasteiger partial charge in [-0.2, -0.15) is 0 Å². The molecule has 0 aromatic carbocycles. The Morgan fingerprint density at radius 3 is 2.50 bits per heavy atom. The lowest BCUT2D eigenvalue weighted by molar-refractivity contribution is 0.281. The Kier molecular flexibility index (Phi) is 1.15. The largest absolute Gasteiger partial charge is 0.477 e. The molecule has 0 radical (unpaired) electrons. The molecule has 0 saturated heterocycles. The molecule has 0 bridgehead atoms. The summed E-state index contributed by atoms with van der Waals surface area (Å²) < 4.78 is 9.03. The van der Waals surface area contributed by atoms with Crippen molar-refractivity contribution < 1.29 is 9.37 Å². The van der Waals surface area contributed by atoms with Gasteiger partial charge in [-0.25, -0.2) is 4.63 Å². The third-order valence-electron chi connectivity index (χ3n) is 0.804. The summed E-state index contributed by atoms with van der Waals surface area (Å²) in [6.07, 6.45) is 0. The molecule has 4 heteroatoms. The smallest absolute Gasteiger partial charge is 0.278 e. The summed E-state index contributed by atoms with van der Waals surface area (Å²) in [4.78, 5) is 0. The SMILES string of the molecule is COc1nonc1C. The Bertz CT molecular complexity index is 172. The van der Waals surface area contributed by atoms with Crippen molar-refractivity contribution >= 4 is 0 Å². The molecule has 0 aliphatic rings. The van der Waals surface area contributed by atoms with Crippen LogP contribution in [0, 0.1) is 6.92 Å². The Balaban J connectivity index is 2.92. The molecule has 0 aliphatic carbocycles. The number of ether oxygens (including phenoxy) is 1. The van der Waals surface area contributed by atoms with Gasteiger partial charge < -0.3 is 4.74 Å². The molecule has 8 heavy (non-hydrogen) atoms. The highest BCUT2D eigenvalue weighted by Crippen LogP contribution is 2.07. The van der Waals surface area contributed by atoms with Gasteiger partial charge in [0.15, 0.2) is 0 Å². The van der Waals surface area contributed by atoms with E-state index in [1.165, 1.54) is 7.11 Å². The predicted octanol–water partition coefficient (Wildman–Crippen LogP) is 0.387. The van der Waals surface area contributed by atoms with Crippen molar-refractivity contribution in [1.29, 1.82) is 0 Å². The molecule has 0 saturated carbocycles. The van der Waals surface area contributed by atoms with Crippen LogP contribution in [-0.2, 0) is 0 Å². The standard InChI is InChI=1S/C4H6N2O2/c1-3-4(7-2)6-8-5-3/h1-2H3. The molecule has 0 fully saturated rings. The van der Waals surface area contributed by atoms with Gasteiger partial charge in [0.05, 0.1) is 7.11 Å². The van der Waals surface area contributed by atoms with Gasteiger partial charge in [-0.3, -0.25) is 0 Å². The summed E-state index contributed by atoms with van der Waals surface area (Å²) in [6.45, 7) is 1.76. The first-order chi connectivity index (χ1) is 3.84. The summed E-state index contributed by atoms with van der Waals surface area (Å²) in [6, 6.07) is 0. The monoisotopic (exact) mass is 114 g/mol. The first-order valence-electron chi connectivity index (χ1n) is 2.17. The zero-order valence-corrected chi connectivity index (χ0v) is 4.71. The Hall–Kier alpha value is -1.06. The number of rotatable bonds is 1. The van der Waals surface area contributed by atoms with E-state index < -0.39 is 0 Å². The molecule has 0 atom stereocenters. The molecule has 0 amide bonds. The normalized spacial score (nSPS) is 9.25. The maximum absolute atomic E-state index is 4.72. The van der Waals surface area contributed by atoms with E-state index in [0.717, 1.165) is 0 Å². The van der Waals surface area contributed by atoms with Gasteiger partial charge in [-0.05, 0) is 12.1 Å². The maximum atomic E-state index is 4.72. The fourth-order valence-corrected chi connectivity index (χ4v) is 0.409. The van der Waals surface area contributed by atoms with E-state index in [1.807, 2.05) is 0 Å². The third-order valence-corrected chi connectivity index (χ3v) is 0.804. The molecule has 0 unspecified atom stereocenters. The van der Waals surface area contributed by atoms with Crippen molar-refractivity contribution in [2.24, 2.45) is 0 Å². The average Bonchev–Trinajstić information content (AvgIpc) is 2.14. The summed E-state index contributed by atoms with van der Waals surface area (Å²) in [5, 5.41) is 6.90. The van der Waals surface area contributed by atoms with Crippen LogP contribution in [0.2, 0.25) is 0 Å². The summed E-state index contributed by atoms with van der Waals surface area (Å²) in [5.41, 5.74) is 0.674. The number of hydrogen-bond donors (Lipinski definition) is 0. The lowest BCUT2D eigenvalue weighted by Gasteiger charge is -1.86. The molecule has 0 aliphatic heterocycles. The second kappa shape index (κ2) is 1.81. The second-order valence-electron chi connectivity index (χ2n) is 1.36. The first kappa shape index (κ1) is 5.08. The predicted molar refractivity (Wildman–Crippen MR) is 25.6 cm³/mol. The zero-order chi connectivity index (χ0) is 5.98. The summed E-state index contributed by atoms with van der Waals surface area (Å²) in [7, 11) is 1.52. The van der Waals surface area contributed by atoms with Gasteiger partial charge in [0.1, 0.15) is 5.69 Å². The van der Waals surface area contributed by atoms with Gasteiger partial charge in [-0.15, -0.1) is 0 Å². The van der Waals surface area contributed by atoms with Gasteiger partial charge in [-0.1, -0.05) is 5.16 Å². The number of hydrogen-bond acceptors (Lipinski definition) is 4.